The van der Waals surface area contributed by atoms with Gasteiger partial charge in [-0.2, -0.15) is 0 Å². The molecule has 0 spiro atoms. The predicted octanol–water partition coefficient (Wildman–Crippen LogP) is 5.15. The third kappa shape index (κ3) is 6.75. The minimum Gasteiger partial charge on any atom is -0.493 e. The fraction of sp³-hybridized carbons (Fsp3) is 0.385. The average molecular weight is 456 g/mol. The Bertz CT molecular complexity index is 959. The molecule has 2 aromatic carbocycles. The molecule has 1 N–H and O–H groups in total. The maximum Gasteiger partial charge on any atom is 0.331 e. The molecule has 0 aromatic heterocycles. The minimum absolute atomic E-state index is 0.239. The van der Waals surface area contributed by atoms with Crippen molar-refractivity contribution in [2.75, 3.05) is 33.3 Å². The summed E-state index contributed by atoms with van der Waals surface area (Å²) in [5, 5.41) is 2.93. The second kappa shape index (κ2) is 11.9. The number of amides is 1. The van der Waals surface area contributed by atoms with E-state index in [2.05, 4.69) is 33.0 Å². The molecule has 178 valence electrons. The highest BCUT2D eigenvalue weighted by atomic mass is 16.5. The summed E-state index contributed by atoms with van der Waals surface area (Å²) < 4.78 is 21.0. The van der Waals surface area contributed by atoms with E-state index < -0.39 is 5.97 Å². The molecule has 0 atom stereocenters. The number of ether oxygens (including phenoxy) is 4. The predicted molar refractivity (Wildman–Crippen MR) is 129 cm³/mol. The van der Waals surface area contributed by atoms with Crippen molar-refractivity contribution in [3.05, 3.63) is 53.1 Å². The van der Waals surface area contributed by atoms with Gasteiger partial charge in [-0.3, -0.25) is 4.79 Å². The number of hydrogen-bond donors (Lipinski definition) is 1. The summed E-state index contributed by atoms with van der Waals surface area (Å²) in [7, 11) is 4.54. The Morgan fingerprint density at radius 3 is 1.91 bits per heavy atom. The molecular formula is C26H33NO6. The smallest absolute Gasteiger partial charge is 0.331 e. The van der Waals surface area contributed by atoms with E-state index in [9.17, 15) is 9.59 Å². The largest absolute Gasteiger partial charge is 0.493 e. The first kappa shape index (κ1) is 25.8. The number of anilines is 1. The number of carbonyl (C=O) groups excluding carboxylic acids is 2. The highest BCUT2D eigenvalue weighted by Crippen LogP contribution is 2.38. The number of rotatable bonds is 10. The first-order valence-corrected chi connectivity index (χ1v) is 10.8. The lowest BCUT2D eigenvalue weighted by Crippen LogP contribution is -2.22. The van der Waals surface area contributed by atoms with Crippen molar-refractivity contribution >= 4 is 23.6 Å². The zero-order valence-electron chi connectivity index (χ0n) is 20.4. The summed E-state index contributed by atoms with van der Waals surface area (Å²) in [6.45, 7) is 7.90. The van der Waals surface area contributed by atoms with Gasteiger partial charge in [-0.15, -0.1) is 0 Å². The van der Waals surface area contributed by atoms with Gasteiger partial charge in [0.2, 0.25) is 5.75 Å². The number of hydrogen-bond acceptors (Lipinski definition) is 6. The first-order chi connectivity index (χ1) is 15.7. The van der Waals surface area contributed by atoms with Crippen LogP contribution in [0.2, 0.25) is 0 Å². The Kier molecular flexibility index (Phi) is 9.33. The van der Waals surface area contributed by atoms with Crippen molar-refractivity contribution in [2.45, 2.75) is 39.5 Å². The minimum atomic E-state index is -0.639. The van der Waals surface area contributed by atoms with Gasteiger partial charge in [-0.05, 0) is 46.7 Å². The molecule has 2 aromatic rings. The van der Waals surface area contributed by atoms with Crippen LogP contribution < -0.4 is 19.5 Å². The van der Waals surface area contributed by atoms with E-state index >= 15 is 0 Å². The van der Waals surface area contributed by atoms with Crippen LogP contribution in [-0.2, 0) is 14.3 Å². The van der Waals surface area contributed by atoms with Gasteiger partial charge in [0.05, 0.1) is 21.3 Å². The van der Waals surface area contributed by atoms with Crippen LogP contribution in [0.15, 0.2) is 36.4 Å². The molecule has 2 rings (SSSR count). The van der Waals surface area contributed by atoms with Crippen molar-refractivity contribution in [2.24, 2.45) is 0 Å². The van der Waals surface area contributed by atoms with Crippen molar-refractivity contribution in [3.8, 4) is 17.2 Å². The van der Waals surface area contributed by atoms with E-state index in [4.69, 9.17) is 18.9 Å². The van der Waals surface area contributed by atoms with E-state index in [-0.39, 0.29) is 24.3 Å². The fourth-order valence-electron chi connectivity index (χ4n) is 3.42. The summed E-state index contributed by atoms with van der Waals surface area (Å²) in [6, 6.07) is 9.40. The lowest BCUT2D eigenvalue weighted by atomic mass is 9.92. The fourth-order valence-corrected chi connectivity index (χ4v) is 3.42. The standard InChI is InChI=1S/C26H33NO6/c1-16(2)19-9-8-10-20(17(3)4)25(19)27-23(28)15-33-24(29)12-11-18-13-21(30-5)26(32-7)22(14-18)31-6/h8-14,16-17H,15H2,1-7H3,(H,27,28). The van der Waals surface area contributed by atoms with Crippen LogP contribution in [0.25, 0.3) is 6.08 Å². The third-order valence-corrected chi connectivity index (χ3v) is 5.08. The van der Waals surface area contributed by atoms with Crippen molar-refractivity contribution in [3.63, 3.8) is 0 Å². The SMILES string of the molecule is COc1cc(C=CC(=O)OCC(=O)Nc2c(C(C)C)cccc2C(C)C)cc(OC)c1OC. The summed E-state index contributed by atoms with van der Waals surface area (Å²) in [6.07, 6.45) is 2.80. The maximum absolute atomic E-state index is 12.5. The molecule has 0 fully saturated rings. The number of nitrogens with one attached hydrogen (secondary N) is 1. The Balaban J connectivity index is 2.06. The normalized spacial score (nSPS) is 11.1. The van der Waals surface area contributed by atoms with Gasteiger partial charge in [-0.1, -0.05) is 45.9 Å². The van der Waals surface area contributed by atoms with E-state index in [1.54, 1.807) is 18.2 Å². The second-order valence-electron chi connectivity index (χ2n) is 8.07. The van der Waals surface area contributed by atoms with Crippen LogP contribution in [-0.4, -0.2) is 39.8 Å². The van der Waals surface area contributed by atoms with E-state index in [0.29, 0.717) is 22.8 Å². The average Bonchev–Trinajstić information content (AvgIpc) is 2.80. The molecule has 0 saturated carbocycles. The van der Waals surface area contributed by atoms with Crippen molar-refractivity contribution < 1.29 is 28.5 Å². The molecule has 0 heterocycles. The summed E-state index contributed by atoms with van der Waals surface area (Å²) in [5.74, 6) is 0.840. The quantitative estimate of drug-likeness (QED) is 0.394. The van der Waals surface area contributed by atoms with Gasteiger partial charge in [-0.25, -0.2) is 4.79 Å². The van der Waals surface area contributed by atoms with Crippen LogP contribution in [0.4, 0.5) is 5.69 Å². The maximum atomic E-state index is 12.5. The lowest BCUT2D eigenvalue weighted by molar-refractivity contribution is -0.142. The number of carbonyl (C=O) groups is 2. The molecule has 0 unspecified atom stereocenters. The van der Waals surface area contributed by atoms with Gasteiger partial charge in [0, 0.05) is 11.8 Å². The Labute approximate surface area is 195 Å². The molecule has 7 nitrogen and oxygen atoms in total. The van der Waals surface area contributed by atoms with Crippen molar-refractivity contribution in [1.82, 2.24) is 0 Å². The molecule has 7 heteroatoms. The molecule has 33 heavy (non-hydrogen) atoms. The van der Waals surface area contributed by atoms with Crippen molar-refractivity contribution in [1.29, 1.82) is 0 Å². The van der Waals surface area contributed by atoms with Gasteiger partial charge in [0.25, 0.3) is 5.91 Å². The molecule has 0 saturated heterocycles. The van der Waals surface area contributed by atoms with Gasteiger partial charge in [0.1, 0.15) is 0 Å². The molecule has 0 radical (unpaired) electrons. The van der Waals surface area contributed by atoms with Gasteiger partial charge >= 0.3 is 5.97 Å². The molecule has 0 aliphatic carbocycles. The number of esters is 1. The van der Waals surface area contributed by atoms with Crippen LogP contribution in [0.3, 0.4) is 0 Å². The van der Waals surface area contributed by atoms with E-state index in [1.807, 2.05) is 18.2 Å². The summed E-state index contributed by atoms with van der Waals surface area (Å²) in [5.41, 5.74) is 3.53. The van der Waals surface area contributed by atoms with E-state index in [1.165, 1.54) is 27.4 Å². The molecular weight excluding hydrogens is 422 g/mol. The first-order valence-electron chi connectivity index (χ1n) is 10.8. The Hall–Kier alpha value is -3.48. The number of para-hydroxylation sites is 1. The molecule has 0 aliphatic rings. The Morgan fingerprint density at radius 1 is 0.909 bits per heavy atom. The zero-order chi connectivity index (χ0) is 24.5. The highest BCUT2D eigenvalue weighted by Gasteiger charge is 2.17. The van der Waals surface area contributed by atoms with Crippen LogP contribution >= 0.6 is 0 Å². The lowest BCUT2D eigenvalue weighted by Gasteiger charge is -2.20. The third-order valence-electron chi connectivity index (χ3n) is 5.08. The molecule has 1 amide bonds. The zero-order valence-corrected chi connectivity index (χ0v) is 20.4. The number of benzene rings is 2. The summed E-state index contributed by atoms with van der Waals surface area (Å²) in [4.78, 5) is 24.7. The Morgan fingerprint density at radius 2 is 1.45 bits per heavy atom. The van der Waals surface area contributed by atoms with Crippen LogP contribution in [0.1, 0.15) is 56.2 Å². The topological polar surface area (TPSA) is 83.1 Å². The second-order valence-corrected chi connectivity index (χ2v) is 8.07. The van der Waals surface area contributed by atoms with Gasteiger partial charge < -0.3 is 24.3 Å². The van der Waals surface area contributed by atoms with E-state index in [0.717, 1.165) is 16.8 Å². The molecule has 0 aliphatic heterocycles. The summed E-state index contributed by atoms with van der Waals surface area (Å²) >= 11 is 0. The highest BCUT2D eigenvalue weighted by molar-refractivity contribution is 5.96. The monoisotopic (exact) mass is 455 g/mol. The number of methoxy groups -OCH3 is 3. The molecule has 0 bridgehead atoms. The van der Waals surface area contributed by atoms with Crippen LogP contribution in [0.5, 0.6) is 17.2 Å². The van der Waals surface area contributed by atoms with Gasteiger partial charge in [0.15, 0.2) is 18.1 Å². The van der Waals surface area contributed by atoms with Crippen LogP contribution in [0, 0.1) is 0 Å².